The number of anilines is 3. The van der Waals surface area contributed by atoms with E-state index in [1.54, 1.807) is 0 Å². The highest BCUT2D eigenvalue weighted by Crippen LogP contribution is 2.45. The maximum atomic E-state index is 9.74. The summed E-state index contributed by atoms with van der Waals surface area (Å²) in [6.45, 7) is 0. The second-order valence-electron chi connectivity index (χ2n) is 14.9. The van der Waals surface area contributed by atoms with Gasteiger partial charge in [-0.2, -0.15) is 0 Å². The van der Waals surface area contributed by atoms with Gasteiger partial charge < -0.3 is 13.7 Å². The number of rotatable bonds is 6. The molecule has 3 nitrogen and oxygen atoms in total. The van der Waals surface area contributed by atoms with Gasteiger partial charge in [0, 0.05) is 38.5 Å². The highest BCUT2D eigenvalue weighted by molar-refractivity contribution is 6.19. The number of para-hydroxylation sites is 2. The van der Waals surface area contributed by atoms with Gasteiger partial charge in [0.1, 0.15) is 22.3 Å². The molecule has 0 aliphatic carbocycles. The first-order chi connectivity index (χ1) is 30.9. The summed E-state index contributed by atoms with van der Waals surface area (Å²) in [6, 6.07) is 62.3. The van der Waals surface area contributed by atoms with Gasteiger partial charge in [-0.1, -0.05) is 158 Å². The van der Waals surface area contributed by atoms with Crippen molar-refractivity contribution >= 4 is 82.5 Å². The zero-order valence-electron chi connectivity index (χ0n) is 35.7. The van der Waals surface area contributed by atoms with Gasteiger partial charge in [-0.05, 0) is 98.5 Å². The lowest BCUT2D eigenvalue weighted by Crippen LogP contribution is -2.10. The predicted octanol–water partition coefficient (Wildman–Crippen LogP) is 16.3. The lowest BCUT2D eigenvalue weighted by atomic mass is 9.98. The van der Waals surface area contributed by atoms with Gasteiger partial charge in [-0.3, -0.25) is 0 Å². The third-order valence-corrected chi connectivity index (χ3v) is 11.5. The molecule has 0 N–H and O–H groups in total. The Kier molecular flexibility index (Phi) is 6.65. The molecule has 0 spiro atoms. The molecule has 0 saturated carbocycles. The Labute approximate surface area is 346 Å². The molecule has 3 heteroatoms. The van der Waals surface area contributed by atoms with E-state index in [0.717, 1.165) is 60.2 Å². The summed E-state index contributed by atoms with van der Waals surface area (Å²) in [4.78, 5) is 1.85. The molecular weight excluding hydrogens is 719 g/mol. The number of hydrogen-bond acceptors (Lipinski definition) is 3. The van der Waals surface area contributed by atoms with Gasteiger partial charge in [-0.25, -0.2) is 0 Å². The van der Waals surface area contributed by atoms with E-state index in [-0.39, 0.29) is 35.4 Å². The molecular formula is C56H35NO2. The summed E-state index contributed by atoms with van der Waals surface area (Å²) < 4.78 is 51.6. The first kappa shape index (κ1) is 29.4. The summed E-state index contributed by atoms with van der Waals surface area (Å²) in [5.74, 6) is 0. The first-order valence-electron chi connectivity index (χ1n) is 21.7. The minimum absolute atomic E-state index is 0.126. The fraction of sp³-hybridized carbons (Fsp3) is 0. The largest absolute Gasteiger partial charge is 0.455 e. The van der Waals surface area contributed by atoms with Gasteiger partial charge in [0.25, 0.3) is 0 Å². The van der Waals surface area contributed by atoms with E-state index in [0.29, 0.717) is 33.7 Å². The number of nitrogens with zero attached hydrogens (tertiary/aromatic N) is 1. The van der Waals surface area contributed by atoms with Crippen LogP contribution in [-0.2, 0) is 0 Å². The minimum atomic E-state index is -0.178. The van der Waals surface area contributed by atoms with E-state index >= 15 is 0 Å². The van der Waals surface area contributed by atoms with Crippen LogP contribution in [0.5, 0.6) is 0 Å². The fourth-order valence-corrected chi connectivity index (χ4v) is 8.63. The summed E-state index contributed by atoms with van der Waals surface area (Å²) in [5, 5.41) is 7.90. The Bertz CT molecular complexity index is 3770. The van der Waals surface area contributed by atoms with E-state index < -0.39 is 0 Å². The second-order valence-corrected chi connectivity index (χ2v) is 14.9. The summed E-state index contributed by atoms with van der Waals surface area (Å²) in [5.41, 5.74) is 9.07. The number of fused-ring (bicyclic) bond motifs is 9. The number of furan rings is 2. The van der Waals surface area contributed by atoms with Crippen LogP contribution in [0.15, 0.2) is 221 Å². The zero-order chi connectivity index (χ0) is 42.3. The lowest BCUT2D eigenvalue weighted by molar-refractivity contribution is 0.670. The molecule has 0 aliphatic heterocycles. The van der Waals surface area contributed by atoms with Crippen LogP contribution in [-0.4, -0.2) is 0 Å². The van der Waals surface area contributed by atoms with Crippen molar-refractivity contribution in [2.24, 2.45) is 0 Å². The Morgan fingerprint density at radius 3 is 1.76 bits per heavy atom. The zero-order valence-corrected chi connectivity index (χ0v) is 31.7. The quantitative estimate of drug-likeness (QED) is 0.169. The Morgan fingerprint density at radius 2 is 0.949 bits per heavy atom. The topological polar surface area (TPSA) is 29.5 Å². The number of hydrogen-bond donors (Lipinski definition) is 0. The molecule has 0 radical (unpaired) electrons. The Balaban J connectivity index is 1.03. The molecule has 276 valence electrons. The van der Waals surface area contributed by atoms with Crippen LogP contribution in [0.4, 0.5) is 17.1 Å². The predicted molar refractivity (Wildman–Crippen MR) is 247 cm³/mol. The maximum Gasteiger partial charge on any atom is 0.143 e. The van der Waals surface area contributed by atoms with E-state index in [1.165, 1.54) is 10.8 Å². The lowest BCUT2D eigenvalue weighted by Gasteiger charge is -2.26. The molecule has 12 rings (SSSR count). The van der Waals surface area contributed by atoms with Gasteiger partial charge in [-0.15, -0.1) is 0 Å². The van der Waals surface area contributed by atoms with Crippen molar-refractivity contribution in [3.8, 4) is 33.4 Å². The van der Waals surface area contributed by atoms with Crippen molar-refractivity contribution in [2.75, 3.05) is 4.90 Å². The summed E-state index contributed by atoms with van der Waals surface area (Å²) in [6.07, 6.45) is 0. The SMILES string of the molecule is [2H]c1c([2H])c(N(c2ccc(-c3ccc(-c4ccc5ccccc5c4)cc3)cc2)c2cccc3oc4c5ccccc5ccc4c23)c([2H])c([2H])c1-c1cccc2c1oc1ccccc12. The average Bonchev–Trinajstić information content (AvgIpc) is 3.92. The molecule has 59 heavy (non-hydrogen) atoms. The molecule has 0 fully saturated rings. The molecule has 2 heterocycles. The molecule has 0 saturated heterocycles. The van der Waals surface area contributed by atoms with Crippen molar-refractivity contribution in [2.45, 2.75) is 0 Å². The van der Waals surface area contributed by atoms with Crippen LogP contribution in [0, 0.1) is 0 Å². The van der Waals surface area contributed by atoms with E-state index in [1.807, 2.05) is 102 Å². The van der Waals surface area contributed by atoms with Crippen LogP contribution >= 0.6 is 0 Å². The van der Waals surface area contributed by atoms with Crippen molar-refractivity contribution in [1.82, 2.24) is 0 Å². The van der Waals surface area contributed by atoms with E-state index in [9.17, 15) is 5.48 Å². The fourth-order valence-electron chi connectivity index (χ4n) is 8.63. The van der Waals surface area contributed by atoms with Crippen LogP contribution in [0.25, 0.3) is 98.8 Å². The Hall–Kier alpha value is -7.88. The normalized spacial score (nSPS) is 12.7. The minimum Gasteiger partial charge on any atom is -0.455 e. The van der Waals surface area contributed by atoms with Crippen molar-refractivity contribution < 1.29 is 14.3 Å². The van der Waals surface area contributed by atoms with Gasteiger partial charge >= 0.3 is 0 Å². The molecule has 10 aromatic carbocycles. The van der Waals surface area contributed by atoms with E-state index in [2.05, 4.69) is 91.0 Å². The summed E-state index contributed by atoms with van der Waals surface area (Å²) in [7, 11) is 0. The molecule has 0 atom stereocenters. The second kappa shape index (κ2) is 13.4. The van der Waals surface area contributed by atoms with Crippen LogP contribution in [0.3, 0.4) is 0 Å². The smallest absolute Gasteiger partial charge is 0.143 e. The number of benzene rings is 10. The van der Waals surface area contributed by atoms with Gasteiger partial charge in [0.2, 0.25) is 0 Å². The molecule has 0 bridgehead atoms. The Morgan fingerprint density at radius 1 is 0.356 bits per heavy atom. The molecule has 0 aliphatic rings. The van der Waals surface area contributed by atoms with Crippen LogP contribution in [0.1, 0.15) is 5.48 Å². The average molecular weight is 758 g/mol. The van der Waals surface area contributed by atoms with Crippen LogP contribution in [0.2, 0.25) is 0 Å². The highest BCUT2D eigenvalue weighted by Gasteiger charge is 2.21. The van der Waals surface area contributed by atoms with Crippen molar-refractivity contribution in [1.29, 1.82) is 0 Å². The van der Waals surface area contributed by atoms with Gasteiger partial charge in [0.05, 0.1) is 16.6 Å². The third-order valence-electron chi connectivity index (χ3n) is 11.5. The van der Waals surface area contributed by atoms with Crippen molar-refractivity contribution in [3.05, 3.63) is 212 Å². The summed E-state index contributed by atoms with van der Waals surface area (Å²) >= 11 is 0. The maximum absolute atomic E-state index is 9.74. The molecule has 0 unspecified atom stereocenters. The van der Waals surface area contributed by atoms with E-state index in [4.69, 9.17) is 8.83 Å². The van der Waals surface area contributed by atoms with Gasteiger partial charge in [0.15, 0.2) is 0 Å². The highest BCUT2D eigenvalue weighted by atomic mass is 16.3. The first-order valence-corrected chi connectivity index (χ1v) is 19.7. The third kappa shape index (κ3) is 5.51. The molecule has 2 aromatic heterocycles. The molecule has 0 amide bonds. The van der Waals surface area contributed by atoms with Crippen molar-refractivity contribution in [3.63, 3.8) is 0 Å². The monoisotopic (exact) mass is 757 g/mol. The van der Waals surface area contributed by atoms with Crippen LogP contribution < -0.4 is 4.90 Å². The molecule has 12 aromatic rings. The standard InChI is InChI=1S/C56H35NO2/c1-2-11-42-35-43(24-23-36(42)9-1)39-21-19-37(20-22-39)38-25-30-44(31-26-38)57(51-16-8-18-53-54(51)50-34-29-40-10-3-4-12-46(40)56(50)59-53)45-32-27-41(28-33-45)47-14-7-15-49-48-13-5-6-17-52(48)58-55(47)49/h1-35H/i27D,28D,32D,33D.